The summed E-state index contributed by atoms with van der Waals surface area (Å²) in [7, 11) is 1.71. The highest BCUT2D eigenvalue weighted by molar-refractivity contribution is 6.06. The number of fused-ring (bicyclic) bond motifs is 1. The fourth-order valence-electron chi connectivity index (χ4n) is 3.30. The lowest BCUT2D eigenvalue weighted by molar-refractivity contribution is 0.0526. The second-order valence-electron chi connectivity index (χ2n) is 6.22. The molecule has 0 bridgehead atoms. The molecule has 0 atom stereocenters. The molecular formula is C19H21FN2O3. The van der Waals surface area contributed by atoms with Crippen LogP contribution in [0.4, 0.5) is 15.9 Å². The number of carbonyl (C=O) groups is 2. The topological polar surface area (TPSA) is 60.3 Å². The highest BCUT2D eigenvalue weighted by Crippen LogP contribution is 2.35. The van der Waals surface area contributed by atoms with E-state index in [1.54, 1.807) is 37.6 Å². The number of rotatable bonds is 4. The normalized spacial score (nSPS) is 13.5. The van der Waals surface area contributed by atoms with Gasteiger partial charge in [-0.3, -0.25) is 4.79 Å². The van der Waals surface area contributed by atoms with Crippen molar-refractivity contribution in [1.29, 1.82) is 0 Å². The summed E-state index contributed by atoms with van der Waals surface area (Å²) in [6, 6.07) is 4.82. The molecule has 25 heavy (non-hydrogen) atoms. The summed E-state index contributed by atoms with van der Waals surface area (Å²) in [5.74, 6) is -0.530. The highest BCUT2D eigenvalue weighted by Gasteiger charge is 2.32. The SMILES string of the molecule is CCOC(=O)c1c2c(n(C)c1Nc1ccc(C)cc1F)C(=O)CCC2. The first kappa shape index (κ1) is 17.2. The molecule has 3 rings (SSSR count). The third kappa shape index (κ3) is 3.04. The minimum Gasteiger partial charge on any atom is -0.462 e. The lowest BCUT2D eigenvalue weighted by Crippen LogP contribution is -2.15. The van der Waals surface area contributed by atoms with Gasteiger partial charge >= 0.3 is 5.97 Å². The van der Waals surface area contributed by atoms with E-state index in [0.717, 1.165) is 5.56 Å². The van der Waals surface area contributed by atoms with Crippen LogP contribution in [0.1, 0.15) is 51.7 Å². The number of nitrogens with one attached hydrogen (secondary N) is 1. The number of ether oxygens (including phenoxy) is 1. The Labute approximate surface area is 145 Å². The predicted octanol–water partition coefficient (Wildman–Crippen LogP) is 3.91. The maximum absolute atomic E-state index is 14.3. The van der Waals surface area contributed by atoms with Gasteiger partial charge in [-0.2, -0.15) is 0 Å². The number of anilines is 2. The number of esters is 1. The molecule has 1 heterocycles. The first-order valence-corrected chi connectivity index (χ1v) is 8.39. The first-order valence-electron chi connectivity index (χ1n) is 8.39. The van der Waals surface area contributed by atoms with Gasteiger partial charge in [0.25, 0.3) is 0 Å². The summed E-state index contributed by atoms with van der Waals surface area (Å²) in [4.78, 5) is 24.8. The Hall–Kier alpha value is -2.63. The minimum absolute atomic E-state index is 0.00766. The van der Waals surface area contributed by atoms with E-state index in [9.17, 15) is 14.0 Å². The zero-order valence-electron chi connectivity index (χ0n) is 14.6. The van der Waals surface area contributed by atoms with Crippen molar-refractivity contribution in [3.8, 4) is 0 Å². The molecule has 0 saturated heterocycles. The van der Waals surface area contributed by atoms with Gasteiger partial charge in [0.15, 0.2) is 5.78 Å². The van der Waals surface area contributed by atoms with Crippen LogP contribution in [-0.2, 0) is 18.2 Å². The zero-order valence-corrected chi connectivity index (χ0v) is 14.6. The van der Waals surface area contributed by atoms with Crippen molar-refractivity contribution in [1.82, 2.24) is 4.57 Å². The second-order valence-corrected chi connectivity index (χ2v) is 6.22. The lowest BCUT2D eigenvalue weighted by atomic mass is 9.94. The van der Waals surface area contributed by atoms with Gasteiger partial charge in [-0.1, -0.05) is 6.07 Å². The number of aromatic nitrogens is 1. The average Bonchev–Trinajstić information content (AvgIpc) is 2.84. The van der Waals surface area contributed by atoms with Crippen LogP contribution in [-0.4, -0.2) is 22.9 Å². The predicted molar refractivity (Wildman–Crippen MR) is 93.1 cm³/mol. The first-order chi connectivity index (χ1) is 11.9. The Morgan fingerprint density at radius 2 is 2.12 bits per heavy atom. The molecule has 0 radical (unpaired) electrons. The number of halogens is 1. The van der Waals surface area contributed by atoms with Crippen molar-refractivity contribution >= 4 is 23.3 Å². The second kappa shape index (κ2) is 6.70. The van der Waals surface area contributed by atoms with Crippen molar-refractivity contribution in [2.75, 3.05) is 11.9 Å². The standard InChI is InChI=1S/C19H21FN2O3/c1-4-25-19(24)16-12-6-5-7-15(23)17(12)22(3)18(16)21-14-9-8-11(2)10-13(14)20/h8-10,21H,4-7H2,1-3H3. The average molecular weight is 344 g/mol. The van der Waals surface area contributed by atoms with Crippen LogP contribution in [0.5, 0.6) is 0 Å². The fourth-order valence-corrected chi connectivity index (χ4v) is 3.30. The molecule has 5 nitrogen and oxygen atoms in total. The highest BCUT2D eigenvalue weighted by atomic mass is 19.1. The van der Waals surface area contributed by atoms with Gasteiger partial charge < -0.3 is 14.6 Å². The molecular weight excluding hydrogens is 323 g/mol. The van der Waals surface area contributed by atoms with Crippen molar-refractivity contribution in [2.45, 2.75) is 33.1 Å². The molecule has 1 aromatic carbocycles. The van der Waals surface area contributed by atoms with E-state index >= 15 is 0 Å². The van der Waals surface area contributed by atoms with Gasteiger partial charge in [0, 0.05) is 13.5 Å². The van der Waals surface area contributed by atoms with Crippen molar-refractivity contribution in [2.24, 2.45) is 7.05 Å². The van der Waals surface area contributed by atoms with Crippen molar-refractivity contribution < 1.29 is 18.7 Å². The number of aryl methyl sites for hydroxylation is 1. The van der Waals surface area contributed by atoms with Crippen LogP contribution in [0.15, 0.2) is 18.2 Å². The monoisotopic (exact) mass is 344 g/mol. The van der Waals surface area contributed by atoms with Crippen LogP contribution < -0.4 is 5.32 Å². The van der Waals surface area contributed by atoms with Gasteiger partial charge in [0.05, 0.1) is 18.0 Å². The van der Waals surface area contributed by atoms with Crippen LogP contribution in [0.25, 0.3) is 0 Å². The Balaban J connectivity index is 2.14. The van der Waals surface area contributed by atoms with Crippen molar-refractivity contribution in [3.05, 3.63) is 46.4 Å². The van der Waals surface area contributed by atoms with Crippen LogP contribution >= 0.6 is 0 Å². The number of carbonyl (C=O) groups excluding carboxylic acids is 2. The smallest absolute Gasteiger partial charge is 0.342 e. The minimum atomic E-state index is -0.496. The Bertz CT molecular complexity index is 855. The van der Waals surface area contributed by atoms with E-state index in [2.05, 4.69) is 5.32 Å². The van der Waals surface area contributed by atoms with E-state index in [1.165, 1.54) is 6.07 Å². The summed E-state index contributed by atoms with van der Waals surface area (Å²) >= 11 is 0. The van der Waals surface area contributed by atoms with E-state index in [1.807, 2.05) is 0 Å². The Kier molecular flexibility index (Phi) is 4.61. The fraction of sp³-hybridized carbons (Fsp3) is 0.368. The number of hydrogen-bond acceptors (Lipinski definition) is 4. The van der Waals surface area contributed by atoms with E-state index in [0.29, 0.717) is 41.9 Å². The van der Waals surface area contributed by atoms with Gasteiger partial charge in [-0.25, -0.2) is 9.18 Å². The molecule has 1 aromatic heterocycles. The largest absolute Gasteiger partial charge is 0.462 e. The maximum Gasteiger partial charge on any atom is 0.342 e. The third-order valence-electron chi connectivity index (χ3n) is 4.45. The van der Waals surface area contributed by atoms with E-state index in [-0.39, 0.29) is 18.1 Å². The lowest BCUT2D eigenvalue weighted by Gasteiger charge is -2.13. The molecule has 0 unspecified atom stereocenters. The number of Topliss-reactive ketones (excluding diaryl/α,β-unsaturated/α-hetero) is 1. The van der Waals surface area contributed by atoms with E-state index in [4.69, 9.17) is 4.74 Å². The Morgan fingerprint density at radius 3 is 2.80 bits per heavy atom. The molecule has 2 aromatic rings. The molecule has 1 aliphatic rings. The Morgan fingerprint density at radius 1 is 1.36 bits per heavy atom. The number of ketones is 1. The maximum atomic E-state index is 14.3. The van der Waals surface area contributed by atoms with Crippen LogP contribution in [0.2, 0.25) is 0 Å². The molecule has 1 aliphatic carbocycles. The van der Waals surface area contributed by atoms with Crippen LogP contribution in [0, 0.1) is 12.7 Å². The van der Waals surface area contributed by atoms with Crippen LogP contribution in [0.3, 0.4) is 0 Å². The summed E-state index contributed by atoms with van der Waals surface area (Å²) in [5, 5.41) is 2.99. The van der Waals surface area contributed by atoms with Gasteiger partial charge in [0.2, 0.25) is 0 Å². The van der Waals surface area contributed by atoms with Crippen molar-refractivity contribution in [3.63, 3.8) is 0 Å². The molecule has 1 N–H and O–H groups in total. The molecule has 0 saturated carbocycles. The molecule has 0 fully saturated rings. The number of nitrogens with zero attached hydrogens (tertiary/aromatic N) is 1. The molecule has 0 aliphatic heterocycles. The van der Waals surface area contributed by atoms with E-state index < -0.39 is 11.8 Å². The van der Waals surface area contributed by atoms with Gasteiger partial charge in [-0.05, 0) is 49.9 Å². The third-order valence-corrected chi connectivity index (χ3v) is 4.45. The summed E-state index contributed by atoms with van der Waals surface area (Å²) < 4.78 is 21.1. The zero-order chi connectivity index (χ0) is 18.1. The summed E-state index contributed by atoms with van der Waals surface area (Å²) in [5.41, 5.74) is 2.57. The molecule has 6 heteroatoms. The quantitative estimate of drug-likeness (QED) is 0.854. The molecule has 0 spiro atoms. The summed E-state index contributed by atoms with van der Waals surface area (Å²) in [6.07, 6.45) is 1.77. The van der Waals surface area contributed by atoms with Gasteiger partial charge in [-0.15, -0.1) is 0 Å². The number of hydrogen-bond donors (Lipinski definition) is 1. The summed E-state index contributed by atoms with van der Waals surface area (Å²) in [6.45, 7) is 3.76. The number of benzene rings is 1. The molecule has 0 amide bonds. The van der Waals surface area contributed by atoms with Gasteiger partial charge in [0.1, 0.15) is 17.2 Å². The molecule has 132 valence electrons.